The number of hydrogen-bond acceptors (Lipinski definition) is 3. The Morgan fingerprint density at radius 1 is 1.25 bits per heavy atom. The van der Waals surface area contributed by atoms with Crippen LogP contribution in [0.15, 0.2) is 4.79 Å². The molecule has 1 heterocycles. The lowest BCUT2D eigenvalue weighted by Crippen LogP contribution is -2.34. The fraction of sp³-hybridized carbons (Fsp3) is 0.733. The van der Waals surface area contributed by atoms with E-state index in [0.717, 1.165) is 53.6 Å². The summed E-state index contributed by atoms with van der Waals surface area (Å²) in [6.07, 6.45) is 9.00. The van der Waals surface area contributed by atoms with Gasteiger partial charge in [-0.05, 0) is 48.3 Å². The summed E-state index contributed by atoms with van der Waals surface area (Å²) in [5.41, 5.74) is 0.604. The van der Waals surface area contributed by atoms with Crippen molar-refractivity contribution in [3.05, 3.63) is 25.4 Å². The number of halogens is 1. The molecule has 0 unspecified atom stereocenters. The molecule has 0 radical (unpaired) electrons. The third kappa shape index (κ3) is 2.66. The molecule has 0 saturated heterocycles. The van der Waals surface area contributed by atoms with Gasteiger partial charge in [-0.2, -0.15) is 0 Å². The summed E-state index contributed by atoms with van der Waals surface area (Å²) in [5.74, 6) is 1.25. The second kappa shape index (κ2) is 5.75. The smallest absolute Gasteiger partial charge is 0.264 e. The minimum Gasteiger partial charge on any atom is -0.370 e. The highest BCUT2D eigenvalue weighted by Gasteiger charge is 2.37. The van der Waals surface area contributed by atoms with Gasteiger partial charge in [0, 0.05) is 13.0 Å². The van der Waals surface area contributed by atoms with Gasteiger partial charge in [0.2, 0.25) is 0 Å². The van der Waals surface area contributed by atoms with E-state index >= 15 is 0 Å². The summed E-state index contributed by atoms with van der Waals surface area (Å²) in [6, 6.07) is 0. The van der Waals surface area contributed by atoms with Gasteiger partial charge >= 0.3 is 0 Å². The summed E-state index contributed by atoms with van der Waals surface area (Å²) in [6.45, 7) is 0. The Morgan fingerprint density at radius 2 is 1.90 bits per heavy atom. The lowest BCUT2D eigenvalue weighted by atomic mass is 9.93. The lowest BCUT2D eigenvalue weighted by molar-refractivity contribution is -0.0355. The van der Waals surface area contributed by atoms with E-state index < -0.39 is 0 Å². The van der Waals surface area contributed by atoms with E-state index in [9.17, 15) is 4.79 Å². The summed E-state index contributed by atoms with van der Waals surface area (Å²) < 4.78 is 6.62. The molecule has 4 nitrogen and oxygen atoms in total. The van der Waals surface area contributed by atoms with E-state index in [-0.39, 0.29) is 11.2 Å². The first-order chi connectivity index (χ1) is 9.66. The number of hydrogen-bond donors (Lipinski definition) is 1. The Labute approximate surface area is 132 Å². The van der Waals surface area contributed by atoms with Crippen LogP contribution in [0.1, 0.15) is 68.8 Å². The van der Waals surface area contributed by atoms with Crippen molar-refractivity contribution in [3.63, 3.8) is 0 Å². The molecular weight excluding hydrogens is 367 g/mol. The van der Waals surface area contributed by atoms with Gasteiger partial charge < -0.3 is 9.72 Å². The van der Waals surface area contributed by atoms with Crippen LogP contribution in [0.4, 0.5) is 0 Å². The van der Waals surface area contributed by atoms with Crippen LogP contribution < -0.4 is 5.56 Å². The van der Waals surface area contributed by atoms with Gasteiger partial charge in [-0.3, -0.25) is 4.79 Å². The summed E-state index contributed by atoms with van der Waals surface area (Å²) in [7, 11) is 1.75. The number of ether oxygens (including phenoxy) is 1. The Morgan fingerprint density at radius 3 is 2.45 bits per heavy atom. The second-order valence-corrected chi connectivity index (χ2v) is 7.08. The first-order valence-corrected chi connectivity index (χ1v) is 8.59. The molecule has 0 atom stereocenters. The number of nitrogens with one attached hydrogen (secondary N) is 1. The van der Waals surface area contributed by atoms with E-state index in [2.05, 4.69) is 27.6 Å². The second-order valence-electron chi connectivity index (χ2n) is 6.00. The van der Waals surface area contributed by atoms with Crippen molar-refractivity contribution < 1.29 is 4.74 Å². The number of nitrogens with zero attached hydrogens (tertiary/aromatic N) is 1. The van der Waals surface area contributed by atoms with Gasteiger partial charge in [0.15, 0.2) is 0 Å². The van der Waals surface area contributed by atoms with Gasteiger partial charge in [0.05, 0.1) is 9.26 Å². The highest BCUT2D eigenvalue weighted by atomic mass is 127. The van der Waals surface area contributed by atoms with Gasteiger partial charge in [-0.25, -0.2) is 4.98 Å². The third-order valence-electron chi connectivity index (χ3n) is 4.59. The fourth-order valence-corrected chi connectivity index (χ4v) is 3.85. The van der Waals surface area contributed by atoms with Crippen molar-refractivity contribution in [3.8, 4) is 0 Å². The average molecular weight is 388 g/mol. The molecule has 5 heteroatoms. The van der Waals surface area contributed by atoms with Gasteiger partial charge in [0.25, 0.3) is 5.56 Å². The minimum atomic E-state index is -0.385. The SMILES string of the molecule is COC1(c2nc(C3CC3)c(I)c(=O)[nH]2)CCCCCC1. The first-order valence-electron chi connectivity index (χ1n) is 7.51. The molecule has 0 amide bonds. The van der Waals surface area contributed by atoms with Gasteiger partial charge in [0.1, 0.15) is 11.4 Å². The molecule has 2 aliphatic carbocycles. The van der Waals surface area contributed by atoms with Gasteiger partial charge in [-0.1, -0.05) is 25.7 Å². The van der Waals surface area contributed by atoms with Crippen LogP contribution in [-0.2, 0) is 10.3 Å². The van der Waals surface area contributed by atoms with Gasteiger partial charge in [-0.15, -0.1) is 0 Å². The fourth-order valence-electron chi connectivity index (χ4n) is 3.16. The number of aromatic nitrogens is 2. The molecule has 0 aliphatic heterocycles. The minimum absolute atomic E-state index is 0.00169. The Hall–Kier alpha value is -0.430. The Bertz CT molecular complexity index is 543. The van der Waals surface area contributed by atoms with Crippen LogP contribution in [0.3, 0.4) is 0 Å². The highest BCUT2D eigenvalue weighted by Crippen LogP contribution is 2.42. The Balaban J connectivity index is 2.04. The van der Waals surface area contributed by atoms with E-state index in [4.69, 9.17) is 9.72 Å². The van der Waals surface area contributed by atoms with Crippen LogP contribution >= 0.6 is 22.6 Å². The summed E-state index contributed by atoms with van der Waals surface area (Å²) >= 11 is 2.13. The van der Waals surface area contributed by atoms with Crippen molar-refractivity contribution in [2.45, 2.75) is 62.9 Å². The maximum absolute atomic E-state index is 12.2. The van der Waals surface area contributed by atoms with Crippen LogP contribution in [0, 0.1) is 3.57 Å². The molecule has 0 aromatic carbocycles. The topological polar surface area (TPSA) is 55.0 Å². The number of H-pyrrole nitrogens is 1. The summed E-state index contributed by atoms with van der Waals surface area (Å²) in [5, 5.41) is 0. The van der Waals surface area contributed by atoms with Crippen LogP contribution in [0.2, 0.25) is 0 Å². The quantitative estimate of drug-likeness (QED) is 0.638. The van der Waals surface area contributed by atoms with Crippen LogP contribution in [0.25, 0.3) is 0 Å². The lowest BCUT2D eigenvalue weighted by Gasteiger charge is -2.30. The zero-order valence-corrected chi connectivity index (χ0v) is 14.0. The molecule has 1 N–H and O–H groups in total. The van der Waals surface area contributed by atoms with Crippen molar-refractivity contribution in [2.75, 3.05) is 7.11 Å². The molecule has 0 bridgehead atoms. The molecule has 1 aromatic heterocycles. The van der Waals surface area contributed by atoms with Crippen LogP contribution in [0.5, 0.6) is 0 Å². The molecular formula is C15H21IN2O2. The van der Waals surface area contributed by atoms with Crippen LogP contribution in [-0.4, -0.2) is 17.1 Å². The molecule has 2 saturated carbocycles. The van der Waals surface area contributed by atoms with Crippen molar-refractivity contribution in [2.24, 2.45) is 0 Å². The molecule has 2 aliphatic rings. The maximum atomic E-state index is 12.2. The zero-order chi connectivity index (χ0) is 14.2. The molecule has 0 spiro atoms. The largest absolute Gasteiger partial charge is 0.370 e. The zero-order valence-electron chi connectivity index (χ0n) is 11.9. The van der Waals surface area contributed by atoms with Crippen molar-refractivity contribution in [1.29, 1.82) is 0 Å². The standard InChI is InChI=1S/C15H21IN2O2/c1-20-15(8-4-2-3-5-9-15)14-17-12(10-6-7-10)11(16)13(19)18-14/h10H,2-9H2,1H3,(H,17,18,19). The Kier molecular flexibility index (Phi) is 4.17. The maximum Gasteiger partial charge on any atom is 0.264 e. The predicted molar refractivity (Wildman–Crippen MR) is 85.9 cm³/mol. The molecule has 1 aromatic rings. The molecule has 3 rings (SSSR count). The van der Waals surface area contributed by atoms with E-state index in [1.807, 2.05) is 0 Å². The molecule has 2 fully saturated rings. The summed E-state index contributed by atoms with van der Waals surface area (Å²) in [4.78, 5) is 20.0. The highest BCUT2D eigenvalue weighted by molar-refractivity contribution is 14.1. The average Bonchev–Trinajstić information content (AvgIpc) is 3.27. The van der Waals surface area contributed by atoms with E-state index in [1.54, 1.807) is 7.11 Å². The van der Waals surface area contributed by atoms with E-state index in [1.165, 1.54) is 12.8 Å². The van der Waals surface area contributed by atoms with Crippen molar-refractivity contribution >= 4 is 22.6 Å². The first kappa shape index (κ1) is 14.5. The number of rotatable bonds is 3. The number of methoxy groups -OCH3 is 1. The monoisotopic (exact) mass is 388 g/mol. The van der Waals surface area contributed by atoms with Crippen molar-refractivity contribution in [1.82, 2.24) is 9.97 Å². The number of aromatic amines is 1. The molecule has 20 heavy (non-hydrogen) atoms. The normalized spacial score (nSPS) is 22.5. The molecule has 110 valence electrons. The van der Waals surface area contributed by atoms with E-state index in [0.29, 0.717) is 5.92 Å². The predicted octanol–water partition coefficient (Wildman–Crippen LogP) is 3.45. The third-order valence-corrected chi connectivity index (χ3v) is 5.63.